The van der Waals surface area contributed by atoms with Crippen molar-refractivity contribution in [3.8, 4) is 5.75 Å². The van der Waals surface area contributed by atoms with E-state index in [4.69, 9.17) is 14.5 Å². The molecule has 1 atom stereocenters. The molecule has 2 heterocycles. The van der Waals surface area contributed by atoms with Crippen LogP contribution in [0.25, 0.3) is 16.7 Å². The highest BCUT2D eigenvalue weighted by molar-refractivity contribution is 7.59. The lowest BCUT2D eigenvalue weighted by atomic mass is 9.99. The van der Waals surface area contributed by atoms with Crippen molar-refractivity contribution in [3.63, 3.8) is 0 Å². The molecule has 3 aromatic rings. The summed E-state index contributed by atoms with van der Waals surface area (Å²) in [5.74, 6) is 2.06. The molecule has 2 N–H and O–H groups in total. The number of aliphatic hydroxyl groups excluding tert-OH is 1. The lowest BCUT2D eigenvalue weighted by molar-refractivity contribution is -0.129. The van der Waals surface area contributed by atoms with Gasteiger partial charge in [-0.05, 0) is 37.8 Å². The molecule has 0 aliphatic rings. The van der Waals surface area contributed by atoms with Gasteiger partial charge in [0.15, 0.2) is 11.6 Å². The van der Waals surface area contributed by atoms with Crippen LogP contribution in [0.15, 0.2) is 18.2 Å². The molecule has 0 unspecified atom stereocenters. The maximum Gasteiger partial charge on any atom is 0.204 e. The predicted octanol–water partition coefficient (Wildman–Crippen LogP) is 3.28. The molecule has 2 aromatic heterocycles. The Labute approximate surface area is 201 Å². The second kappa shape index (κ2) is 12.7. The van der Waals surface area contributed by atoms with E-state index in [2.05, 4.69) is 15.5 Å². The van der Waals surface area contributed by atoms with Gasteiger partial charge < -0.3 is 19.9 Å². The molecule has 0 saturated heterocycles. The number of carbonyl (C=O) groups is 1. The van der Waals surface area contributed by atoms with Gasteiger partial charge in [0, 0.05) is 26.1 Å². The molecular formula is C23H35N5O4S. The fraction of sp³-hybridized carbons (Fsp3) is 0.565. The molecule has 0 amide bonds. The van der Waals surface area contributed by atoms with E-state index in [-0.39, 0.29) is 25.2 Å². The molecule has 0 bridgehead atoms. The van der Waals surface area contributed by atoms with E-state index in [1.165, 1.54) is 0 Å². The van der Waals surface area contributed by atoms with Crippen molar-refractivity contribution in [2.75, 3.05) is 32.2 Å². The van der Waals surface area contributed by atoms with Gasteiger partial charge in [0.1, 0.15) is 24.3 Å². The van der Waals surface area contributed by atoms with Crippen LogP contribution in [0.3, 0.4) is 0 Å². The number of ketones is 1. The average Bonchev–Trinajstić information content (AvgIpc) is 3.17. The number of nitrogens with zero attached hydrogens (tertiary/aromatic N) is 4. The highest BCUT2D eigenvalue weighted by Crippen LogP contribution is 2.25. The number of rotatable bonds is 13. The highest BCUT2D eigenvalue weighted by atomic mass is 32.1. The molecule has 0 aliphatic carbocycles. The quantitative estimate of drug-likeness (QED) is 0.361. The lowest BCUT2D eigenvalue weighted by Gasteiger charge is -2.13. The molecule has 10 heteroatoms. The second-order valence-corrected chi connectivity index (χ2v) is 8.25. The third-order valence-electron chi connectivity index (χ3n) is 5.37. The number of Topliss-reactive ketones (excluding diaryl/α,β-unsaturated/α-hetero) is 1. The third kappa shape index (κ3) is 6.78. The zero-order valence-electron chi connectivity index (χ0n) is 19.8. The summed E-state index contributed by atoms with van der Waals surface area (Å²) < 4.78 is 12.7. The molecule has 182 valence electrons. The minimum atomic E-state index is -0.859. The van der Waals surface area contributed by atoms with Crippen LogP contribution in [0, 0.1) is 12.8 Å². The zero-order valence-corrected chi connectivity index (χ0v) is 20.8. The number of aryl methyl sites for hydroxylation is 1. The molecule has 1 aromatic carbocycles. The van der Waals surface area contributed by atoms with Crippen molar-refractivity contribution < 1.29 is 19.4 Å². The van der Waals surface area contributed by atoms with Crippen LogP contribution in [0.4, 0.5) is 5.82 Å². The van der Waals surface area contributed by atoms with Gasteiger partial charge in [0.05, 0.1) is 17.6 Å². The first-order valence-corrected chi connectivity index (χ1v) is 11.1. The Hall–Kier alpha value is -2.43. The maximum absolute atomic E-state index is 11.9. The first-order valence-electron chi connectivity index (χ1n) is 11.1. The fourth-order valence-electron chi connectivity index (χ4n) is 3.54. The third-order valence-corrected chi connectivity index (χ3v) is 5.37. The summed E-state index contributed by atoms with van der Waals surface area (Å²) in [6, 6.07) is 5.77. The lowest BCUT2D eigenvalue weighted by Crippen LogP contribution is -2.25. The zero-order chi connectivity index (χ0) is 23.1. The average molecular weight is 478 g/mol. The Morgan fingerprint density at radius 3 is 2.70 bits per heavy atom. The summed E-state index contributed by atoms with van der Waals surface area (Å²) in [5, 5.41) is 21.7. The van der Waals surface area contributed by atoms with E-state index >= 15 is 0 Å². The van der Waals surface area contributed by atoms with Crippen LogP contribution in [-0.2, 0) is 9.53 Å². The summed E-state index contributed by atoms with van der Waals surface area (Å²) in [6.45, 7) is 7.30. The van der Waals surface area contributed by atoms with E-state index in [1.807, 2.05) is 43.4 Å². The summed E-state index contributed by atoms with van der Waals surface area (Å²) in [5.41, 5.74) is 2.37. The monoisotopic (exact) mass is 477 g/mol. The highest BCUT2D eigenvalue weighted by Gasteiger charge is 2.18. The van der Waals surface area contributed by atoms with Crippen LogP contribution in [0.1, 0.15) is 45.4 Å². The van der Waals surface area contributed by atoms with Gasteiger partial charge >= 0.3 is 0 Å². The standard InChI is InChI=1S/C23H33N5O4.H2S/c1-15(2)21(30)20(29)8-6-5-7-11-24-22-23-27-26-16(3)28(23)19-10-9-17(14-18(19)25-22)32-13-12-31-4;/h9-10,14-15,21,30H,5-8,11-13H2,1-4H3,(H,24,25);1H2/t21-;/m0./s1. The molecular weight excluding hydrogens is 442 g/mol. The Balaban J connectivity index is 0.00000385. The number of hydrogen-bond donors (Lipinski definition) is 2. The predicted molar refractivity (Wildman–Crippen MR) is 134 cm³/mol. The maximum atomic E-state index is 11.9. The number of ether oxygens (including phenoxy) is 2. The number of carbonyl (C=O) groups excluding carboxylic acids is 1. The van der Waals surface area contributed by atoms with Gasteiger partial charge in [-0.2, -0.15) is 13.5 Å². The molecule has 0 radical (unpaired) electrons. The Kier molecular flexibility index (Phi) is 10.3. The normalized spacial score (nSPS) is 12.2. The van der Waals surface area contributed by atoms with Crippen molar-refractivity contribution in [3.05, 3.63) is 24.0 Å². The topological polar surface area (TPSA) is 111 Å². The van der Waals surface area contributed by atoms with Crippen molar-refractivity contribution in [1.82, 2.24) is 19.6 Å². The molecule has 0 spiro atoms. The van der Waals surface area contributed by atoms with Gasteiger partial charge in [0.2, 0.25) is 5.65 Å². The Morgan fingerprint density at radius 2 is 1.97 bits per heavy atom. The summed E-state index contributed by atoms with van der Waals surface area (Å²) in [7, 11) is 1.64. The number of hydrogen-bond acceptors (Lipinski definition) is 8. The van der Waals surface area contributed by atoms with Crippen molar-refractivity contribution in [1.29, 1.82) is 0 Å². The molecule has 3 rings (SSSR count). The minimum absolute atomic E-state index is 0. The summed E-state index contributed by atoms with van der Waals surface area (Å²) >= 11 is 0. The van der Waals surface area contributed by atoms with Crippen molar-refractivity contribution >= 4 is 41.8 Å². The van der Waals surface area contributed by atoms with Gasteiger partial charge in [-0.25, -0.2) is 4.98 Å². The molecule has 0 saturated carbocycles. The number of unbranched alkanes of at least 4 members (excludes halogenated alkanes) is 2. The van der Waals surface area contributed by atoms with E-state index in [0.717, 1.165) is 41.9 Å². The fourth-order valence-corrected chi connectivity index (χ4v) is 3.54. The molecule has 0 aliphatic heterocycles. The van der Waals surface area contributed by atoms with Gasteiger partial charge in [0.25, 0.3) is 0 Å². The number of aromatic nitrogens is 4. The SMILES string of the molecule is COCCOc1ccc2c(c1)nc(NCCCCCC(=O)[C@@H](O)C(C)C)c1nnc(C)n12.S. The number of methoxy groups -OCH3 is 1. The number of nitrogens with one attached hydrogen (secondary N) is 1. The van der Waals surface area contributed by atoms with Crippen LogP contribution in [0.2, 0.25) is 0 Å². The van der Waals surface area contributed by atoms with Crippen molar-refractivity contribution in [2.24, 2.45) is 5.92 Å². The van der Waals surface area contributed by atoms with Crippen LogP contribution in [0.5, 0.6) is 5.75 Å². The van der Waals surface area contributed by atoms with Crippen molar-refractivity contribution in [2.45, 2.75) is 52.6 Å². The molecule has 0 fully saturated rings. The second-order valence-electron chi connectivity index (χ2n) is 8.25. The first-order chi connectivity index (χ1) is 15.4. The number of benzene rings is 1. The minimum Gasteiger partial charge on any atom is -0.491 e. The van der Waals surface area contributed by atoms with Gasteiger partial charge in [-0.3, -0.25) is 9.20 Å². The van der Waals surface area contributed by atoms with Gasteiger partial charge in [-0.1, -0.05) is 20.3 Å². The van der Waals surface area contributed by atoms with Crippen LogP contribution >= 0.6 is 13.5 Å². The number of aliphatic hydroxyl groups is 1. The van der Waals surface area contributed by atoms with Crippen LogP contribution in [-0.4, -0.2) is 63.4 Å². The summed E-state index contributed by atoms with van der Waals surface area (Å²) in [6.07, 6.45) is 2.08. The van der Waals surface area contributed by atoms with Crippen LogP contribution < -0.4 is 10.1 Å². The Morgan fingerprint density at radius 1 is 1.18 bits per heavy atom. The number of fused-ring (bicyclic) bond motifs is 3. The van der Waals surface area contributed by atoms with E-state index in [9.17, 15) is 9.90 Å². The van der Waals surface area contributed by atoms with E-state index in [1.54, 1.807) is 7.11 Å². The van der Waals surface area contributed by atoms with Gasteiger partial charge in [-0.15, -0.1) is 10.2 Å². The van der Waals surface area contributed by atoms with E-state index in [0.29, 0.717) is 37.6 Å². The molecule has 33 heavy (non-hydrogen) atoms. The Bertz CT molecular complexity index is 1060. The number of anilines is 1. The summed E-state index contributed by atoms with van der Waals surface area (Å²) in [4.78, 5) is 16.7. The van der Waals surface area contributed by atoms with E-state index < -0.39 is 6.10 Å². The largest absolute Gasteiger partial charge is 0.491 e. The smallest absolute Gasteiger partial charge is 0.204 e. The molecule has 9 nitrogen and oxygen atoms in total. The first kappa shape index (κ1) is 26.8.